The first-order valence-electron chi connectivity index (χ1n) is 12.9. The van der Waals surface area contributed by atoms with E-state index in [1.807, 2.05) is 55.5 Å². The second kappa shape index (κ2) is 12.4. The topological polar surface area (TPSA) is 87.9 Å². The van der Waals surface area contributed by atoms with Crippen molar-refractivity contribution in [3.8, 4) is 17.2 Å². The monoisotopic (exact) mass is 503 g/mol. The smallest absolute Gasteiger partial charge is 0.320 e. The van der Waals surface area contributed by atoms with Crippen LogP contribution in [-0.4, -0.2) is 36.7 Å². The zero-order valence-electron chi connectivity index (χ0n) is 21.6. The van der Waals surface area contributed by atoms with Crippen molar-refractivity contribution in [1.29, 1.82) is 0 Å². The first-order chi connectivity index (χ1) is 18.0. The van der Waals surface area contributed by atoms with E-state index in [1.165, 1.54) is 0 Å². The van der Waals surface area contributed by atoms with Crippen molar-refractivity contribution in [2.24, 2.45) is 5.92 Å². The van der Waals surface area contributed by atoms with Gasteiger partial charge in [-0.2, -0.15) is 0 Å². The Balaban J connectivity index is 1.42. The molecule has 0 aliphatic rings. The van der Waals surface area contributed by atoms with Gasteiger partial charge in [0, 0.05) is 0 Å². The molecular weight excluding hydrogens is 470 g/mol. The number of ether oxygens (including phenoxy) is 3. The fourth-order valence-corrected chi connectivity index (χ4v) is 4.28. The number of rotatable bonds is 12. The molecule has 7 nitrogen and oxygen atoms in total. The second-order valence-corrected chi connectivity index (χ2v) is 8.94. The molecule has 0 N–H and O–H groups in total. The number of carbonyl (C=O) groups excluding carboxylic acids is 2. The Morgan fingerprint density at radius 2 is 1.59 bits per heavy atom. The average Bonchev–Trinajstić information content (AvgIpc) is 3.31. The van der Waals surface area contributed by atoms with Crippen LogP contribution < -0.4 is 4.74 Å². The third-order valence-corrected chi connectivity index (χ3v) is 6.16. The van der Waals surface area contributed by atoms with E-state index < -0.39 is 17.9 Å². The van der Waals surface area contributed by atoms with Crippen molar-refractivity contribution in [3.63, 3.8) is 0 Å². The van der Waals surface area contributed by atoms with Gasteiger partial charge in [0.1, 0.15) is 11.3 Å². The number of fused-ring (bicyclic) bond motifs is 2. The largest absolute Gasteiger partial charge is 0.493 e. The number of aromatic nitrogens is 1. The molecule has 4 aromatic rings. The van der Waals surface area contributed by atoms with Crippen molar-refractivity contribution in [2.45, 2.75) is 46.5 Å². The number of hydrogen-bond acceptors (Lipinski definition) is 7. The second-order valence-electron chi connectivity index (χ2n) is 8.94. The first-order valence-corrected chi connectivity index (χ1v) is 12.9. The summed E-state index contributed by atoms with van der Waals surface area (Å²) >= 11 is 0. The molecule has 37 heavy (non-hydrogen) atoms. The number of hydrogen-bond donors (Lipinski definition) is 0. The SMILES string of the molecule is CCOC(=O)C(CCCCCOc1cc2ccccc2cc1-c1nc2ccc(C)cc2o1)C(=O)OCC. The highest BCUT2D eigenvalue weighted by molar-refractivity contribution is 5.95. The van der Waals surface area contributed by atoms with Gasteiger partial charge in [0.25, 0.3) is 0 Å². The Labute approximate surface area is 216 Å². The molecule has 0 spiro atoms. The van der Waals surface area contributed by atoms with E-state index in [9.17, 15) is 9.59 Å². The van der Waals surface area contributed by atoms with Crippen molar-refractivity contribution in [3.05, 3.63) is 60.2 Å². The van der Waals surface area contributed by atoms with E-state index in [4.69, 9.17) is 23.6 Å². The quantitative estimate of drug-likeness (QED) is 0.122. The van der Waals surface area contributed by atoms with Crippen LogP contribution in [0.4, 0.5) is 0 Å². The van der Waals surface area contributed by atoms with Crippen LogP contribution in [0.15, 0.2) is 59.0 Å². The van der Waals surface area contributed by atoms with Gasteiger partial charge in [-0.15, -0.1) is 0 Å². The van der Waals surface area contributed by atoms with Crippen LogP contribution in [0.2, 0.25) is 0 Å². The number of carbonyl (C=O) groups is 2. The van der Waals surface area contributed by atoms with Crippen LogP contribution in [-0.2, 0) is 19.1 Å². The Bertz CT molecular complexity index is 1360. The van der Waals surface area contributed by atoms with Gasteiger partial charge >= 0.3 is 11.9 Å². The predicted octanol–water partition coefficient (Wildman–Crippen LogP) is 6.64. The molecule has 0 aliphatic heterocycles. The molecule has 194 valence electrons. The minimum atomic E-state index is -0.879. The van der Waals surface area contributed by atoms with Gasteiger partial charge in [-0.05, 0) is 74.2 Å². The molecule has 0 amide bonds. The van der Waals surface area contributed by atoms with E-state index in [-0.39, 0.29) is 13.2 Å². The summed E-state index contributed by atoms with van der Waals surface area (Å²) in [5, 5.41) is 2.15. The molecule has 3 aromatic carbocycles. The number of unbranched alkanes of at least 4 members (excludes halogenated alkanes) is 2. The van der Waals surface area contributed by atoms with Gasteiger partial charge in [-0.25, -0.2) is 4.98 Å². The third-order valence-electron chi connectivity index (χ3n) is 6.16. The number of benzene rings is 3. The normalized spacial score (nSPS) is 11.2. The highest BCUT2D eigenvalue weighted by atomic mass is 16.6. The molecule has 0 atom stereocenters. The highest BCUT2D eigenvalue weighted by Crippen LogP contribution is 2.36. The van der Waals surface area contributed by atoms with E-state index in [0.29, 0.717) is 31.1 Å². The number of esters is 2. The first kappa shape index (κ1) is 26.2. The Morgan fingerprint density at radius 3 is 2.30 bits per heavy atom. The fourth-order valence-electron chi connectivity index (χ4n) is 4.28. The Hall–Kier alpha value is -3.87. The molecule has 0 radical (unpaired) electrons. The fraction of sp³-hybridized carbons (Fsp3) is 0.367. The van der Waals surface area contributed by atoms with Gasteiger partial charge in [-0.3, -0.25) is 9.59 Å². The van der Waals surface area contributed by atoms with Gasteiger partial charge in [-0.1, -0.05) is 43.2 Å². The molecule has 0 aliphatic carbocycles. The minimum Gasteiger partial charge on any atom is -0.493 e. The minimum absolute atomic E-state index is 0.233. The maximum Gasteiger partial charge on any atom is 0.320 e. The van der Waals surface area contributed by atoms with E-state index in [1.54, 1.807) is 13.8 Å². The van der Waals surface area contributed by atoms with Gasteiger partial charge in [0.05, 0.1) is 25.4 Å². The van der Waals surface area contributed by atoms with Crippen LogP contribution in [0.1, 0.15) is 45.1 Å². The van der Waals surface area contributed by atoms with E-state index in [2.05, 4.69) is 6.07 Å². The number of oxazole rings is 1. The van der Waals surface area contributed by atoms with Crippen LogP contribution in [0.3, 0.4) is 0 Å². The Morgan fingerprint density at radius 1 is 0.892 bits per heavy atom. The lowest BCUT2D eigenvalue weighted by Crippen LogP contribution is -2.28. The lowest BCUT2D eigenvalue weighted by Gasteiger charge is -2.14. The third kappa shape index (κ3) is 6.47. The molecule has 4 rings (SSSR count). The molecule has 0 bridgehead atoms. The highest BCUT2D eigenvalue weighted by Gasteiger charge is 2.28. The Kier molecular flexibility index (Phi) is 8.77. The van der Waals surface area contributed by atoms with Gasteiger partial charge < -0.3 is 18.6 Å². The number of aryl methyl sites for hydroxylation is 1. The zero-order chi connectivity index (χ0) is 26.2. The maximum atomic E-state index is 12.2. The average molecular weight is 504 g/mol. The molecule has 0 fully saturated rings. The van der Waals surface area contributed by atoms with E-state index >= 15 is 0 Å². The zero-order valence-corrected chi connectivity index (χ0v) is 21.6. The summed E-state index contributed by atoms with van der Waals surface area (Å²) in [6, 6.07) is 18.1. The molecule has 0 unspecified atom stereocenters. The van der Waals surface area contributed by atoms with Crippen molar-refractivity contribution in [2.75, 3.05) is 19.8 Å². The van der Waals surface area contributed by atoms with Gasteiger partial charge in [0.15, 0.2) is 11.5 Å². The van der Waals surface area contributed by atoms with Crippen molar-refractivity contribution < 1.29 is 28.2 Å². The summed E-state index contributed by atoms with van der Waals surface area (Å²) in [5.74, 6) is -0.695. The maximum absolute atomic E-state index is 12.2. The molecular formula is C30H33NO6. The lowest BCUT2D eigenvalue weighted by atomic mass is 10.0. The summed E-state index contributed by atoms with van der Waals surface area (Å²) < 4.78 is 22.4. The van der Waals surface area contributed by atoms with Crippen LogP contribution in [0.25, 0.3) is 33.3 Å². The lowest BCUT2D eigenvalue weighted by molar-refractivity contribution is -0.161. The van der Waals surface area contributed by atoms with Crippen molar-refractivity contribution in [1.82, 2.24) is 4.98 Å². The molecule has 0 saturated heterocycles. The molecule has 0 saturated carbocycles. The summed E-state index contributed by atoms with van der Waals surface area (Å²) in [4.78, 5) is 29.0. The van der Waals surface area contributed by atoms with Crippen LogP contribution >= 0.6 is 0 Å². The summed E-state index contributed by atoms with van der Waals surface area (Å²) in [6.45, 7) is 6.41. The standard InChI is InChI=1S/C30H33NO6/c1-4-34-29(32)23(30(33)35-5-2)13-7-6-10-16-36-26-19-22-12-9-8-11-21(22)18-24(26)28-31-25-15-14-20(3)17-27(25)37-28/h8-9,11-12,14-15,17-19,23H,4-7,10,13,16H2,1-3H3. The van der Waals surface area contributed by atoms with Crippen LogP contribution in [0.5, 0.6) is 5.75 Å². The molecule has 1 aromatic heterocycles. The summed E-state index contributed by atoms with van der Waals surface area (Å²) in [5.41, 5.74) is 3.46. The number of nitrogens with zero attached hydrogens (tertiary/aromatic N) is 1. The summed E-state index contributed by atoms with van der Waals surface area (Å²) in [6.07, 6.45) is 2.62. The molecule has 1 heterocycles. The van der Waals surface area contributed by atoms with E-state index in [0.717, 1.165) is 45.8 Å². The van der Waals surface area contributed by atoms with Gasteiger partial charge in [0.2, 0.25) is 5.89 Å². The van der Waals surface area contributed by atoms with Crippen molar-refractivity contribution >= 4 is 33.8 Å². The van der Waals surface area contributed by atoms with Crippen LogP contribution in [0, 0.1) is 12.8 Å². The predicted molar refractivity (Wildman–Crippen MR) is 142 cm³/mol. The summed E-state index contributed by atoms with van der Waals surface area (Å²) in [7, 11) is 0. The molecule has 7 heteroatoms.